The molecule has 0 amide bonds. The van der Waals surface area contributed by atoms with Crippen molar-refractivity contribution in [1.29, 1.82) is 0 Å². The molecule has 0 aliphatic rings. The van der Waals surface area contributed by atoms with Gasteiger partial charge >= 0.3 is 0 Å². The Morgan fingerprint density at radius 1 is 1.30 bits per heavy atom. The van der Waals surface area contributed by atoms with Gasteiger partial charge in [0.2, 0.25) is 0 Å². The van der Waals surface area contributed by atoms with Crippen LogP contribution >= 0.6 is 11.8 Å². The number of H-pyrrole nitrogens is 1. The number of aromatic amines is 1. The molecule has 1 N–H and O–H groups in total. The quantitative estimate of drug-likeness (QED) is 0.395. The first-order valence-electron chi connectivity index (χ1n) is 6.03. The third kappa shape index (κ3) is 3.27. The van der Waals surface area contributed by atoms with Gasteiger partial charge in [-0.15, -0.1) is 11.8 Å². The highest BCUT2D eigenvalue weighted by Crippen LogP contribution is 2.22. The largest absolute Gasteiger partial charge is 0.353 e. The second-order valence-corrected chi connectivity index (χ2v) is 5.54. The molecule has 0 spiro atoms. The lowest BCUT2D eigenvalue weighted by Crippen LogP contribution is -2.02. The summed E-state index contributed by atoms with van der Waals surface area (Å²) in [5.41, 5.74) is 2.57. The van der Waals surface area contributed by atoms with Crippen molar-refractivity contribution in [3.05, 3.63) is 57.4 Å². The average molecular weight is 290 g/mol. The highest BCUT2D eigenvalue weighted by atomic mass is 32.2. The van der Waals surface area contributed by atoms with Gasteiger partial charge < -0.3 is 4.98 Å². The zero-order chi connectivity index (χ0) is 14.7. The third-order valence-corrected chi connectivity index (χ3v) is 4.02. The molecule has 104 valence electrons. The molecule has 20 heavy (non-hydrogen) atoms. The number of hydrogen-bond donors (Lipinski definition) is 1. The third-order valence-electron chi connectivity index (χ3n) is 3.03. The zero-order valence-corrected chi connectivity index (χ0v) is 12.0. The number of nitrogens with zero attached hydrogens (tertiary/aromatic N) is 1. The number of thioether (sulfide) groups is 1. The summed E-state index contributed by atoms with van der Waals surface area (Å²) < 4.78 is 0. The number of hydrogen-bond acceptors (Lipinski definition) is 4. The van der Waals surface area contributed by atoms with E-state index >= 15 is 0 Å². The topological polar surface area (TPSA) is 76.0 Å². The van der Waals surface area contributed by atoms with Gasteiger partial charge in [0.25, 0.3) is 5.69 Å². The molecule has 0 bridgehead atoms. The number of carbonyl (C=O) groups excluding carboxylic acids is 1. The van der Waals surface area contributed by atoms with Crippen LogP contribution in [0.1, 0.15) is 21.6 Å². The molecule has 6 heteroatoms. The molecule has 0 unspecified atom stereocenters. The van der Waals surface area contributed by atoms with Crippen LogP contribution in [0.3, 0.4) is 0 Å². The fraction of sp³-hybridized carbons (Fsp3) is 0.214. The second-order valence-electron chi connectivity index (χ2n) is 4.49. The summed E-state index contributed by atoms with van der Waals surface area (Å²) in [7, 11) is 0. The zero-order valence-electron chi connectivity index (χ0n) is 11.2. The van der Waals surface area contributed by atoms with E-state index in [1.807, 2.05) is 32.0 Å². The molecule has 1 heterocycles. The van der Waals surface area contributed by atoms with E-state index < -0.39 is 4.92 Å². The van der Waals surface area contributed by atoms with Crippen LogP contribution in [0.2, 0.25) is 0 Å². The summed E-state index contributed by atoms with van der Waals surface area (Å²) in [6.45, 7) is 4.06. The van der Waals surface area contributed by atoms with Gasteiger partial charge in [0.15, 0.2) is 5.78 Å². The molecule has 2 aromatic rings. The van der Waals surface area contributed by atoms with E-state index in [-0.39, 0.29) is 22.9 Å². The van der Waals surface area contributed by atoms with Crippen LogP contribution in [0, 0.1) is 24.0 Å². The maximum atomic E-state index is 11.9. The Morgan fingerprint density at radius 2 is 2.05 bits per heavy atom. The SMILES string of the molecule is Cc1ccc(SCC(=O)c2cc([N+](=O)[O-])c[nH]2)cc1C. The van der Waals surface area contributed by atoms with Crippen molar-refractivity contribution in [2.75, 3.05) is 5.75 Å². The number of carbonyl (C=O) groups is 1. The Kier molecular flexibility index (Phi) is 4.24. The molecule has 1 aromatic carbocycles. The van der Waals surface area contributed by atoms with Crippen LogP contribution in [-0.2, 0) is 0 Å². The van der Waals surface area contributed by atoms with Crippen molar-refractivity contribution < 1.29 is 9.72 Å². The number of nitro groups is 1. The van der Waals surface area contributed by atoms with Crippen molar-refractivity contribution in [2.24, 2.45) is 0 Å². The van der Waals surface area contributed by atoms with Gasteiger partial charge in [-0.1, -0.05) is 6.07 Å². The van der Waals surface area contributed by atoms with E-state index in [0.717, 1.165) is 4.90 Å². The first kappa shape index (κ1) is 14.3. The van der Waals surface area contributed by atoms with E-state index in [2.05, 4.69) is 4.98 Å². The molecule has 1 aromatic heterocycles. The molecule has 0 saturated carbocycles. The van der Waals surface area contributed by atoms with Gasteiger partial charge in [-0.2, -0.15) is 0 Å². The number of ketones is 1. The Hall–Kier alpha value is -2.08. The van der Waals surface area contributed by atoms with Gasteiger partial charge in [0.1, 0.15) is 0 Å². The fourth-order valence-corrected chi connectivity index (χ4v) is 2.56. The lowest BCUT2D eigenvalue weighted by Gasteiger charge is -2.04. The Bertz CT molecular complexity index is 664. The van der Waals surface area contributed by atoms with Crippen LogP contribution < -0.4 is 0 Å². The number of benzene rings is 1. The van der Waals surface area contributed by atoms with Crippen LogP contribution in [0.15, 0.2) is 35.4 Å². The molecule has 0 fully saturated rings. The second kappa shape index (κ2) is 5.92. The lowest BCUT2D eigenvalue weighted by molar-refractivity contribution is -0.384. The molecule has 0 atom stereocenters. The molecule has 0 radical (unpaired) electrons. The summed E-state index contributed by atoms with van der Waals surface area (Å²) in [5.74, 6) is 0.0986. The lowest BCUT2D eigenvalue weighted by atomic mass is 10.1. The maximum Gasteiger partial charge on any atom is 0.287 e. The maximum absolute atomic E-state index is 11.9. The monoisotopic (exact) mass is 290 g/mol. The number of aromatic nitrogens is 1. The molecular formula is C14H14N2O3S. The number of rotatable bonds is 5. The highest BCUT2D eigenvalue weighted by molar-refractivity contribution is 8.00. The standard InChI is InChI=1S/C14H14N2O3S/c1-9-3-4-12(5-10(9)2)20-8-14(17)13-6-11(7-15-13)16(18)19/h3-7,15H,8H2,1-2H3. The predicted octanol–water partition coefficient (Wildman–Crippen LogP) is 3.51. The first-order chi connectivity index (χ1) is 9.47. The summed E-state index contributed by atoms with van der Waals surface area (Å²) in [5, 5.41) is 10.6. The minimum Gasteiger partial charge on any atom is -0.353 e. The molecule has 2 rings (SSSR count). The molecule has 0 aliphatic heterocycles. The van der Waals surface area contributed by atoms with Crippen LogP contribution in [0.4, 0.5) is 5.69 Å². The average Bonchev–Trinajstić information content (AvgIpc) is 2.89. The summed E-state index contributed by atoms with van der Waals surface area (Å²) in [6, 6.07) is 7.28. The van der Waals surface area contributed by atoms with E-state index in [1.54, 1.807) is 0 Å². The smallest absolute Gasteiger partial charge is 0.287 e. The molecular weight excluding hydrogens is 276 g/mol. The molecule has 0 saturated heterocycles. The number of aryl methyl sites for hydroxylation is 2. The van der Waals surface area contributed by atoms with Crippen molar-refractivity contribution in [3.63, 3.8) is 0 Å². The van der Waals surface area contributed by atoms with Gasteiger partial charge in [-0.25, -0.2) is 0 Å². The fourth-order valence-electron chi connectivity index (χ4n) is 1.68. The van der Waals surface area contributed by atoms with Crippen molar-refractivity contribution >= 4 is 23.2 Å². The van der Waals surface area contributed by atoms with Gasteiger partial charge in [-0.3, -0.25) is 14.9 Å². The van der Waals surface area contributed by atoms with Gasteiger partial charge in [-0.05, 0) is 37.1 Å². The number of nitrogens with one attached hydrogen (secondary N) is 1. The van der Waals surface area contributed by atoms with Crippen LogP contribution in [0.5, 0.6) is 0 Å². The Labute approximate surface area is 120 Å². The highest BCUT2D eigenvalue weighted by Gasteiger charge is 2.14. The van der Waals surface area contributed by atoms with Gasteiger partial charge in [0, 0.05) is 11.0 Å². The minimum atomic E-state index is -0.524. The Morgan fingerprint density at radius 3 is 2.65 bits per heavy atom. The summed E-state index contributed by atoms with van der Waals surface area (Å²) >= 11 is 1.42. The molecule has 5 nitrogen and oxygen atoms in total. The van der Waals surface area contributed by atoms with Crippen LogP contribution in [0.25, 0.3) is 0 Å². The van der Waals surface area contributed by atoms with Crippen LogP contribution in [-0.4, -0.2) is 21.4 Å². The van der Waals surface area contributed by atoms with E-state index in [1.165, 1.54) is 35.2 Å². The van der Waals surface area contributed by atoms with E-state index in [0.29, 0.717) is 0 Å². The van der Waals surface area contributed by atoms with Crippen molar-refractivity contribution in [3.8, 4) is 0 Å². The minimum absolute atomic E-state index is 0.0930. The predicted molar refractivity (Wildman–Crippen MR) is 78.4 cm³/mol. The number of Topliss-reactive ketones (excluding diaryl/α,β-unsaturated/α-hetero) is 1. The molecule has 0 aliphatic carbocycles. The summed E-state index contributed by atoms with van der Waals surface area (Å²) in [4.78, 5) is 25.6. The van der Waals surface area contributed by atoms with Crippen molar-refractivity contribution in [2.45, 2.75) is 18.7 Å². The summed E-state index contributed by atoms with van der Waals surface area (Å²) in [6.07, 6.45) is 1.23. The Balaban J connectivity index is 2.00. The van der Waals surface area contributed by atoms with E-state index in [4.69, 9.17) is 0 Å². The van der Waals surface area contributed by atoms with Gasteiger partial charge in [0.05, 0.1) is 22.6 Å². The first-order valence-corrected chi connectivity index (χ1v) is 7.02. The van der Waals surface area contributed by atoms with E-state index in [9.17, 15) is 14.9 Å². The van der Waals surface area contributed by atoms with Crippen molar-refractivity contribution in [1.82, 2.24) is 4.98 Å². The normalized spacial score (nSPS) is 10.5.